The van der Waals surface area contributed by atoms with Crippen molar-refractivity contribution in [1.29, 1.82) is 0 Å². The molecule has 0 saturated heterocycles. The average molecular weight is 457 g/mol. The highest BCUT2D eigenvalue weighted by Crippen LogP contribution is 2.71. The fourth-order valence-electron chi connectivity index (χ4n) is 8.62. The van der Waals surface area contributed by atoms with Gasteiger partial charge in [-0.3, -0.25) is 4.79 Å². The van der Waals surface area contributed by atoms with E-state index >= 15 is 0 Å². The van der Waals surface area contributed by atoms with Crippen molar-refractivity contribution in [3.05, 3.63) is 0 Å². The molecule has 3 N–H and O–H groups in total. The first kappa shape index (κ1) is 21.3. The third-order valence-corrected chi connectivity index (χ3v) is 11.4. The summed E-state index contributed by atoms with van der Waals surface area (Å²) >= 11 is 4.04. The topological polar surface area (TPSA) is 77.8 Å². The minimum atomic E-state index is -0.333. The molecule has 4 nitrogen and oxygen atoms in total. The van der Waals surface area contributed by atoms with Crippen molar-refractivity contribution >= 4 is 21.7 Å². The van der Waals surface area contributed by atoms with Crippen LogP contribution in [0.1, 0.15) is 71.6 Å². The van der Waals surface area contributed by atoms with Crippen molar-refractivity contribution in [1.82, 2.24) is 0 Å². The van der Waals surface area contributed by atoms with Gasteiger partial charge in [-0.15, -0.1) is 0 Å². The fourth-order valence-corrected chi connectivity index (χ4v) is 9.84. The molecule has 0 aromatic carbocycles. The molecular weight excluding hydrogens is 420 g/mol. The number of Topliss-reactive ketones (excluding diaryl/α,β-unsaturated/α-hetero) is 1. The SMILES string of the molecule is CC[C@@H]1C[C@H]2[C@@H]3CC[C@@]4(Br)C[C@@H](O)CC[C@]4(CO)[C@H]3CC[C@]2(C)[C@H]1C(=O)CO. The summed E-state index contributed by atoms with van der Waals surface area (Å²) in [7, 11) is 0. The zero-order valence-corrected chi connectivity index (χ0v) is 19.0. The van der Waals surface area contributed by atoms with Crippen LogP contribution in [-0.4, -0.2) is 44.7 Å². The van der Waals surface area contributed by atoms with Crippen LogP contribution in [-0.2, 0) is 4.79 Å². The van der Waals surface area contributed by atoms with Gasteiger partial charge in [-0.1, -0.05) is 36.2 Å². The third kappa shape index (κ3) is 2.75. The lowest BCUT2D eigenvalue weighted by atomic mass is 9.44. The van der Waals surface area contributed by atoms with E-state index in [0.29, 0.717) is 23.7 Å². The van der Waals surface area contributed by atoms with Gasteiger partial charge in [0.1, 0.15) is 6.61 Å². The van der Waals surface area contributed by atoms with Crippen LogP contribution in [0.15, 0.2) is 0 Å². The number of ketones is 1. The average Bonchev–Trinajstić information content (AvgIpc) is 2.99. The van der Waals surface area contributed by atoms with Gasteiger partial charge in [0.05, 0.1) is 12.7 Å². The first-order chi connectivity index (χ1) is 13.3. The normalized spacial score (nSPS) is 53.2. The summed E-state index contributed by atoms with van der Waals surface area (Å²) in [5, 5.41) is 30.6. The van der Waals surface area contributed by atoms with Gasteiger partial charge in [0, 0.05) is 15.7 Å². The van der Waals surface area contributed by atoms with Crippen LogP contribution >= 0.6 is 15.9 Å². The summed E-state index contributed by atoms with van der Waals surface area (Å²) in [4.78, 5) is 12.7. The van der Waals surface area contributed by atoms with Crippen molar-refractivity contribution in [3.63, 3.8) is 0 Å². The quantitative estimate of drug-likeness (QED) is 0.563. The first-order valence-corrected chi connectivity index (χ1v) is 12.2. The molecule has 160 valence electrons. The molecule has 4 rings (SSSR count). The molecule has 4 aliphatic rings. The van der Waals surface area contributed by atoms with E-state index < -0.39 is 0 Å². The van der Waals surface area contributed by atoms with Gasteiger partial charge < -0.3 is 15.3 Å². The Hall–Kier alpha value is 0.0300. The van der Waals surface area contributed by atoms with Crippen LogP contribution in [0.5, 0.6) is 0 Å². The Kier molecular flexibility index (Phi) is 5.56. The molecule has 9 atom stereocenters. The summed E-state index contributed by atoms with van der Waals surface area (Å²) in [5.41, 5.74) is -0.171. The Bertz CT molecular complexity index is 626. The second-order valence-electron chi connectivity index (χ2n) is 10.6. The van der Waals surface area contributed by atoms with E-state index in [1.54, 1.807) is 0 Å². The third-order valence-electron chi connectivity index (χ3n) is 9.88. The van der Waals surface area contributed by atoms with Gasteiger partial charge in [-0.05, 0) is 80.5 Å². The lowest BCUT2D eigenvalue weighted by Gasteiger charge is -2.64. The summed E-state index contributed by atoms with van der Waals surface area (Å²) in [6.45, 7) is 4.35. The molecule has 0 unspecified atom stereocenters. The lowest BCUT2D eigenvalue weighted by molar-refractivity contribution is -0.147. The van der Waals surface area contributed by atoms with Crippen molar-refractivity contribution in [2.24, 2.45) is 40.4 Å². The number of rotatable bonds is 4. The van der Waals surface area contributed by atoms with Crippen LogP contribution in [0.3, 0.4) is 0 Å². The molecule has 0 radical (unpaired) electrons. The van der Waals surface area contributed by atoms with Gasteiger partial charge in [-0.2, -0.15) is 0 Å². The predicted molar refractivity (Wildman–Crippen MR) is 112 cm³/mol. The van der Waals surface area contributed by atoms with Crippen LogP contribution in [0, 0.1) is 40.4 Å². The molecule has 0 aromatic rings. The Labute approximate surface area is 177 Å². The first-order valence-electron chi connectivity index (χ1n) is 11.4. The van der Waals surface area contributed by atoms with Gasteiger partial charge >= 0.3 is 0 Å². The van der Waals surface area contributed by atoms with Crippen molar-refractivity contribution < 1.29 is 20.1 Å². The number of hydrogen-bond acceptors (Lipinski definition) is 4. The summed E-state index contributed by atoms with van der Waals surface area (Å²) in [6.07, 6.45) is 8.39. The highest BCUT2D eigenvalue weighted by molar-refractivity contribution is 9.10. The molecule has 0 spiro atoms. The number of alkyl halides is 1. The molecule has 4 fully saturated rings. The Morgan fingerprint density at radius 2 is 1.86 bits per heavy atom. The second kappa shape index (κ2) is 7.32. The van der Waals surface area contributed by atoms with Gasteiger partial charge in [0.15, 0.2) is 5.78 Å². The molecular formula is C23H37BrO4. The van der Waals surface area contributed by atoms with E-state index in [2.05, 4.69) is 29.8 Å². The van der Waals surface area contributed by atoms with Crippen molar-refractivity contribution in [3.8, 4) is 0 Å². The maximum absolute atomic E-state index is 12.7. The number of halogens is 1. The van der Waals surface area contributed by atoms with Crippen molar-refractivity contribution in [2.75, 3.05) is 13.2 Å². The van der Waals surface area contributed by atoms with E-state index in [1.807, 2.05) is 0 Å². The number of aliphatic hydroxyl groups excluding tert-OH is 3. The minimum absolute atomic E-state index is 0.0117. The molecule has 0 bridgehead atoms. The van der Waals surface area contributed by atoms with Gasteiger partial charge in [-0.25, -0.2) is 0 Å². The monoisotopic (exact) mass is 456 g/mol. The highest BCUT2D eigenvalue weighted by Gasteiger charge is 2.67. The van der Waals surface area contributed by atoms with Crippen LogP contribution in [0.2, 0.25) is 0 Å². The second-order valence-corrected chi connectivity index (χ2v) is 12.2. The Balaban J connectivity index is 1.69. The van der Waals surface area contributed by atoms with Crippen LogP contribution in [0.4, 0.5) is 0 Å². The molecule has 0 aliphatic heterocycles. The molecule has 0 aromatic heterocycles. The predicted octanol–water partition coefficient (Wildman–Crippen LogP) is 3.69. The molecule has 4 saturated carbocycles. The highest BCUT2D eigenvalue weighted by atomic mass is 79.9. The van der Waals surface area contributed by atoms with E-state index in [0.717, 1.165) is 57.8 Å². The number of fused-ring (bicyclic) bond motifs is 5. The molecule has 0 amide bonds. The number of aliphatic hydroxyl groups is 3. The van der Waals surface area contributed by atoms with Gasteiger partial charge in [0.25, 0.3) is 0 Å². The lowest BCUT2D eigenvalue weighted by Crippen LogP contribution is -2.63. The smallest absolute Gasteiger partial charge is 0.162 e. The maximum atomic E-state index is 12.7. The van der Waals surface area contributed by atoms with E-state index in [9.17, 15) is 20.1 Å². The Morgan fingerprint density at radius 3 is 2.50 bits per heavy atom. The number of carbonyl (C=O) groups excluding carboxylic acids is 1. The molecule has 28 heavy (non-hydrogen) atoms. The van der Waals surface area contributed by atoms with Crippen molar-refractivity contribution in [2.45, 2.75) is 82.1 Å². The zero-order valence-electron chi connectivity index (χ0n) is 17.4. The van der Waals surface area contributed by atoms with Crippen LogP contribution in [0.25, 0.3) is 0 Å². The van der Waals surface area contributed by atoms with E-state index in [-0.39, 0.29) is 46.2 Å². The van der Waals surface area contributed by atoms with E-state index in [1.165, 1.54) is 0 Å². The summed E-state index contributed by atoms with van der Waals surface area (Å²) < 4.78 is -0.162. The molecule has 4 aliphatic carbocycles. The summed E-state index contributed by atoms with van der Waals surface area (Å²) in [6, 6.07) is 0. The summed E-state index contributed by atoms with van der Waals surface area (Å²) in [5.74, 6) is 1.90. The Morgan fingerprint density at radius 1 is 1.11 bits per heavy atom. The standard InChI is InChI=1S/C23H37BrO4/c1-3-14-10-18-16-5-9-23(24)11-15(27)4-8-22(23,13-26)17(16)6-7-21(18,2)20(14)19(28)12-25/h14-18,20,25-27H,3-13H2,1-2H3/t14-,15+,16-,17+,18+,20-,21+,22+,23-/m1/s1. The van der Waals surface area contributed by atoms with Gasteiger partial charge in [0.2, 0.25) is 0 Å². The molecule has 5 heteroatoms. The van der Waals surface area contributed by atoms with Crippen LogP contribution < -0.4 is 0 Å². The number of carbonyl (C=O) groups is 1. The van der Waals surface area contributed by atoms with E-state index in [4.69, 9.17) is 0 Å². The minimum Gasteiger partial charge on any atom is -0.396 e. The largest absolute Gasteiger partial charge is 0.396 e. The zero-order chi connectivity index (χ0) is 20.3. The maximum Gasteiger partial charge on any atom is 0.162 e. The number of hydrogen-bond donors (Lipinski definition) is 3. The fraction of sp³-hybridized carbons (Fsp3) is 0.957. The molecule has 0 heterocycles.